The van der Waals surface area contributed by atoms with Crippen LogP contribution in [-0.2, 0) is 29.0 Å². The molecule has 0 saturated carbocycles. The van der Waals surface area contributed by atoms with Crippen LogP contribution in [-0.4, -0.2) is 13.4 Å². The van der Waals surface area contributed by atoms with E-state index in [1.54, 1.807) is 36.4 Å². The Morgan fingerprint density at radius 2 is 1.79 bits per heavy atom. The van der Waals surface area contributed by atoms with E-state index in [0.29, 0.717) is 24.2 Å². The fourth-order valence-electron chi connectivity index (χ4n) is 2.40. The van der Waals surface area contributed by atoms with Crippen molar-refractivity contribution in [3.05, 3.63) is 75.9 Å². The fraction of sp³-hybridized carbons (Fsp3) is 0.167. The Morgan fingerprint density at radius 3 is 2.43 bits per heavy atom. The first-order chi connectivity index (χ1) is 13.1. The number of rotatable bonds is 6. The van der Waals surface area contributed by atoms with Crippen LogP contribution >= 0.6 is 22.9 Å². The summed E-state index contributed by atoms with van der Waals surface area (Å²) in [5, 5.41) is -0.0648. The standard InChI is InChI=1S/C18H14ClF3N2O2S2/c19-15-10-12(18(20,21)22)11-23-16(15)8-6-14-7-9-17(27-14)28(25,26)24-13-4-2-1-3-5-13/h1-5,7,9-11,24H,6,8H2. The van der Waals surface area contributed by atoms with E-state index >= 15 is 0 Å². The van der Waals surface area contributed by atoms with Crippen molar-refractivity contribution in [2.24, 2.45) is 0 Å². The number of hydrogen-bond acceptors (Lipinski definition) is 4. The van der Waals surface area contributed by atoms with Crippen LogP contribution in [0, 0.1) is 0 Å². The average molecular weight is 447 g/mol. The molecular weight excluding hydrogens is 433 g/mol. The van der Waals surface area contributed by atoms with E-state index in [1.807, 2.05) is 0 Å². The predicted octanol–water partition coefficient (Wildman–Crippen LogP) is 5.40. The largest absolute Gasteiger partial charge is 0.417 e. The number of hydrogen-bond donors (Lipinski definition) is 1. The predicted molar refractivity (Wildman–Crippen MR) is 103 cm³/mol. The van der Waals surface area contributed by atoms with Gasteiger partial charge >= 0.3 is 6.18 Å². The fourth-order valence-corrected chi connectivity index (χ4v) is 5.07. The molecule has 0 atom stereocenters. The Bertz CT molecular complexity index is 1070. The van der Waals surface area contributed by atoms with Crippen molar-refractivity contribution in [1.29, 1.82) is 0 Å². The third-order valence-corrected chi connectivity index (χ3v) is 7.13. The number of aromatic nitrogens is 1. The second kappa shape index (κ2) is 8.10. The van der Waals surface area contributed by atoms with Gasteiger partial charge in [0.15, 0.2) is 0 Å². The molecule has 28 heavy (non-hydrogen) atoms. The topological polar surface area (TPSA) is 59.1 Å². The van der Waals surface area contributed by atoms with E-state index in [0.717, 1.165) is 28.5 Å². The summed E-state index contributed by atoms with van der Waals surface area (Å²) >= 11 is 7.00. The number of thiophene rings is 1. The average Bonchev–Trinajstić information content (AvgIpc) is 3.10. The molecule has 3 aromatic rings. The lowest BCUT2D eigenvalue weighted by Crippen LogP contribution is -2.11. The summed E-state index contributed by atoms with van der Waals surface area (Å²) in [6.07, 6.45) is -3.06. The third-order valence-electron chi connectivity index (χ3n) is 3.78. The van der Waals surface area contributed by atoms with Gasteiger partial charge in [-0.15, -0.1) is 11.3 Å². The quantitative estimate of drug-likeness (QED) is 0.551. The van der Waals surface area contributed by atoms with Crippen LogP contribution in [0.5, 0.6) is 0 Å². The van der Waals surface area contributed by atoms with Gasteiger partial charge in [-0.25, -0.2) is 8.42 Å². The molecular formula is C18H14ClF3N2O2S2. The molecule has 0 fully saturated rings. The third kappa shape index (κ3) is 5.03. The van der Waals surface area contributed by atoms with Crippen LogP contribution in [0.1, 0.15) is 16.1 Å². The number of benzene rings is 1. The Hall–Kier alpha value is -2.10. The lowest BCUT2D eigenvalue weighted by atomic mass is 10.1. The molecule has 1 N–H and O–H groups in total. The molecule has 1 aromatic carbocycles. The van der Waals surface area contributed by atoms with E-state index in [1.165, 1.54) is 6.07 Å². The van der Waals surface area contributed by atoms with E-state index in [9.17, 15) is 21.6 Å². The maximum absolute atomic E-state index is 12.7. The van der Waals surface area contributed by atoms with Crippen LogP contribution in [0.2, 0.25) is 5.02 Å². The number of anilines is 1. The van der Waals surface area contributed by atoms with Gasteiger partial charge in [0.1, 0.15) is 4.21 Å². The molecule has 4 nitrogen and oxygen atoms in total. The highest BCUT2D eigenvalue weighted by Gasteiger charge is 2.31. The minimum Gasteiger partial charge on any atom is -0.279 e. The molecule has 0 saturated heterocycles. The zero-order chi connectivity index (χ0) is 20.4. The summed E-state index contributed by atoms with van der Waals surface area (Å²) in [5.74, 6) is 0. The second-order valence-corrected chi connectivity index (χ2v) is 9.33. The first-order valence-electron chi connectivity index (χ1n) is 8.03. The monoisotopic (exact) mass is 446 g/mol. The first-order valence-corrected chi connectivity index (χ1v) is 10.7. The summed E-state index contributed by atoms with van der Waals surface area (Å²) in [6, 6.07) is 12.5. The Morgan fingerprint density at radius 1 is 1.07 bits per heavy atom. The number of pyridine rings is 1. The van der Waals surface area contributed by atoms with Crippen LogP contribution in [0.4, 0.5) is 18.9 Å². The lowest BCUT2D eigenvalue weighted by Gasteiger charge is -2.08. The molecule has 0 bridgehead atoms. The van der Waals surface area contributed by atoms with Gasteiger partial charge in [0.2, 0.25) is 0 Å². The van der Waals surface area contributed by atoms with Crippen LogP contribution < -0.4 is 4.72 Å². The van der Waals surface area contributed by atoms with Gasteiger partial charge in [0.25, 0.3) is 10.0 Å². The number of aryl methyl sites for hydroxylation is 2. The molecule has 0 radical (unpaired) electrons. The molecule has 2 heterocycles. The molecule has 0 amide bonds. The van der Waals surface area contributed by atoms with Crippen molar-refractivity contribution in [3.63, 3.8) is 0 Å². The molecule has 2 aromatic heterocycles. The summed E-state index contributed by atoms with van der Waals surface area (Å²) in [5.41, 5.74) is -0.120. The second-order valence-electron chi connectivity index (χ2n) is 5.84. The molecule has 148 valence electrons. The molecule has 3 rings (SSSR count). The van der Waals surface area contributed by atoms with E-state index < -0.39 is 21.8 Å². The minimum absolute atomic E-state index is 0.0648. The van der Waals surface area contributed by atoms with E-state index in [2.05, 4.69) is 9.71 Å². The van der Waals surface area contributed by atoms with Crippen LogP contribution in [0.25, 0.3) is 0 Å². The summed E-state index contributed by atoms with van der Waals surface area (Å²) in [4.78, 5) is 4.55. The highest BCUT2D eigenvalue weighted by Crippen LogP contribution is 2.31. The zero-order valence-corrected chi connectivity index (χ0v) is 16.6. The Balaban J connectivity index is 1.68. The van der Waals surface area contributed by atoms with Crippen LogP contribution in [0.15, 0.2) is 58.9 Å². The zero-order valence-electron chi connectivity index (χ0n) is 14.2. The summed E-state index contributed by atoms with van der Waals surface area (Å²) in [6.45, 7) is 0. The van der Waals surface area contributed by atoms with Gasteiger partial charge in [-0.1, -0.05) is 29.8 Å². The number of para-hydroxylation sites is 1. The van der Waals surface area contributed by atoms with Crippen LogP contribution in [0.3, 0.4) is 0 Å². The van der Waals surface area contributed by atoms with Crippen molar-refractivity contribution in [2.45, 2.75) is 23.2 Å². The molecule has 0 aliphatic heterocycles. The normalized spacial score (nSPS) is 12.1. The van der Waals surface area contributed by atoms with Gasteiger partial charge in [-0.2, -0.15) is 13.2 Å². The Labute approximate surface area is 169 Å². The van der Waals surface area contributed by atoms with E-state index in [4.69, 9.17) is 11.6 Å². The first kappa shape index (κ1) is 20.6. The van der Waals surface area contributed by atoms with E-state index in [-0.39, 0.29) is 9.23 Å². The van der Waals surface area contributed by atoms with Crippen molar-refractivity contribution >= 4 is 38.6 Å². The van der Waals surface area contributed by atoms with Gasteiger partial charge in [0.05, 0.1) is 16.3 Å². The smallest absolute Gasteiger partial charge is 0.279 e. The molecule has 0 spiro atoms. The van der Waals surface area contributed by atoms with Gasteiger partial charge in [0, 0.05) is 16.8 Å². The number of halogens is 4. The molecule has 0 aliphatic carbocycles. The number of nitrogens with zero attached hydrogens (tertiary/aromatic N) is 1. The van der Waals surface area contributed by atoms with Gasteiger partial charge < -0.3 is 0 Å². The summed E-state index contributed by atoms with van der Waals surface area (Å²) < 4.78 is 65.5. The highest BCUT2D eigenvalue weighted by atomic mass is 35.5. The highest BCUT2D eigenvalue weighted by molar-refractivity contribution is 7.94. The van der Waals surface area contributed by atoms with Gasteiger partial charge in [-0.3, -0.25) is 9.71 Å². The van der Waals surface area contributed by atoms with Crippen molar-refractivity contribution < 1.29 is 21.6 Å². The van der Waals surface area contributed by atoms with Gasteiger partial charge in [-0.05, 0) is 43.2 Å². The summed E-state index contributed by atoms with van der Waals surface area (Å²) in [7, 11) is -3.70. The maximum Gasteiger partial charge on any atom is 0.417 e. The number of sulfonamides is 1. The maximum atomic E-state index is 12.7. The molecule has 0 unspecified atom stereocenters. The lowest BCUT2D eigenvalue weighted by molar-refractivity contribution is -0.137. The number of alkyl halides is 3. The van der Waals surface area contributed by atoms with Crippen molar-refractivity contribution in [3.8, 4) is 0 Å². The molecule has 0 aliphatic rings. The van der Waals surface area contributed by atoms with Crippen molar-refractivity contribution in [1.82, 2.24) is 4.98 Å². The SMILES string of the molecule is O=S(=O)(Nc1ccccc1)c1ccc(CCc2ncc(C(F)(F)F)cc2Cl)s1. The molecule has 10 heteroatoms. The Kier molecular flexibility index (Phi) is 5.97. The number of nitrogens with one attached hydrogen (secondary N) is 1. The van der Waals surface area contributed by atoms with Crippen molar-refractivity contribution in [2.75, 3.05) is 4.72 Å². The minimum atomic E-state index is -4.50.